The van der Waals surface area contributed by atoms with E-state index < -0.39 is 0 Å². The summed E-state index contributed by atoms with van der Waals surface area (Å²) in [5.41, 5.74) is 2.45. The predicted octanol–water partition coefficient (Wildman–Crippen LogP) is 4.74. The summed E-state index contributed by atoms with van der Waals surface area (Å²) in [6.07, 6.45) is 0. The van der Waals surface area contributed by atoms with Crippen LogP contribution < -0.4 is 0 Å². The maximum absolute atomic E-state index is 13.5. The molecule has 23 heavy (non-hydrogen) atoms. The van der Waals surface area contributed by atoms with Crippen molar-refractivity contribution in [3.05, 3.63) is 57.3 Å². The second kappa shape index (κ2) is 6.45. The normalized spacial score (nSPS) is 11.1. The van der Waals surface area contributed by atoms with Gasteiger partial charge in [-0.15, -0.1) is 11.3 Å². The van der Waals surface area contributed by atoms with E-state index in [0.29, 0.717) is 18.8 Å². The maximum Gasteiger partial charge on any atom is 0.270 e. The van der Waals surface area contributed by atoms with E-state index in [9.17, 15) is 9.18 Å². The summed E-state index contributed by atoms with van der Waals surface area (Å²) in [6.45, 7) is 3.04. The van der Waals surface area contributed by atoms with E-state index in [0.717, 1.165) is 19.6 Å². The second-order valence-electron chi connectivity index (χ2n) is 5.36. The zero-order valence-corrected chi connectivity index (χ0v) is 15.2. The number of hydrogen-bond acceptors (Lipinski definition) is 2. The van der Waals surface area contributed by atoms with Crippen molar-refractivity contribution < 1.29 is 9.18 Å². The summed E-state index contributed by atoms with van der Waals surface area (Å²) in [5.74, 6) is -0.292. The molecule has 0 atom stereocenters. The molecule has 0 aliphatic carbocycles. The SMILES string of the molecule is CCN(C)C(=O)c1cc2sc(Br)cc2n1Cc1cccc(F)c1. The predicted molar refractivity (Wildman–Crippen MR) is 95.7 cm³/mol. The first-order valence-electron chi connectivity index (χ1n) is 7.28. The van der Waals surface area contributed by atoms with E-state index >= 15 is 0 Å². The van der Waals surface area contributed by atoms with Gasteiger partial charge in [0.05, 0.1) is 14.0 Å². The van der Waals surface area contributed by atoms with Crippen LogP contribution in [0.4, 0.5) is 4.39 Å². The standard InChI is InChI=1S/C17H16BrFN2OS/c1-3-20(2)17(22)14-8-15-13(9-16(18)23-15)21(14)10-11-5-4-6-12(19)7-11/h4-9H,3,10H2,1-2H3. The Hall–Kier alpha value is -1.66. The quantitative estimate of drug-likeness (QED) is 0.626. The van der Waals surface area contributed by atoms with Gasteiger partial charge in [-0.25, -0.2) is 4.39 Å². The highest BCUT2D eigenvalue weighted by Crippen LogP contribution is 2.33. The summed E-state index contributed by atoms with van der Waals surface area (Å²) in [5, 5.41) is 0. The molecule has 120 valence electrons. The third-order valence-electron chi connectivity index (χ3n) is 3.83. The molecule has 3 aromatic rings. The van der Waals surface area contributed by atoms with E-state index in [1.54, 1.807) is 29.4 Å². The van der Waals surface area contributed by atoms with Gasteiger partial charge < -0.3 is 9.47 Å². The van der Waals surface area contributed by atoms with Crippen LogP contribution in [-0.2, 0) is 6.54 Å². The minimum atomic E-state index is -0.268. The number of fused-ring (bicyclic) bond motifs is 1. The fourth-order valence-electron chi connectivity index (χ4n) is 2.52. The third-order valence-corrected chi connectivity index (χ3v) is 5.40. The Morgan fingerprint density at radius 1 is 1.35 bits per heavy atom. The van der Waals surface area contributed by atoms with Gasteiger partial charge in [0.2, 0.25) is 0 Å². The van der Waals surface area contributed by atoms with Crippen LogP contribution in [0.2, 0.25) is 0 Å². The lowest BCUT2D eigenvalue weighted by Gasteiger charge is -2.17. The lowest BCUT2D eigenvalue weighted by atomic mass is 10.2. The van der Waals surface area contributed by atoms with Crippen LogP contribution in [0.3, 0.4) is 0 Å². The lowest BCUT2D eigenvalue weighted by molar-refractivity contribution is 0.0793. The molecule has 0 aliphatic rings. The molecule has 0 saturated heterocycles. The van der Waals surface area contributed by atoms with Crippen molar-refractivity contribution in [3.63, 3.8) is 0 Å². The highest BCUT2D eigenvalue weighted by atomic mass is 79.9. The van der Waals surface area contributed by atoms with Crippen molar-refractivity contribution in [3.8, 4) is 0 Å². The molecule has 0 N–H and O–H groups in total. The molecule has 0 radical (unpaired) electrons. The molecule has 0 spiro atoms. The number of nitrogens with zero attached hydrogens (tertiary/aromatic N) is 2. The van der Waals surface area contributed by atoms with Crippen LogP contribution in [0, 0.1) is 5.82 Å². The van der Waals surface area contributed by atoms with E-state index in [1.807, 2.05) is 29.7 Å². The smallest absolute Gasteiger partial charge is 0.270 e. The summed E-state index contributed by atoms with van der Waals surface area (Å²) in [6, 6.07) is 10.4. The molecule has 2 aromatic heterocycles. The second-order valence-corrected chi connectivity index (χ2v) is 7.83. The van der Waals surface area contributed by atoms with Crippen LogP contribution in [0.5, 0.6) is 0 Å². The van der Waals surface area contributed by atoms with Gasteiger partial charge in [0, 0.05) is 20.1 Å². The first-order valence-corrected chi connectivity index (χ1v) is 8.89. The molecule has 6 heteroatoms. The molecule has 1 amide bonds. The largest absolute Gasteiger partial charge is 0.341 e. The molecule has 2 heterocycles. The van der Waals surface area contributed by atoms with Crippen LogP contribution in [0.1, 0.15) is 23.0 Å². The fraction of sp³-hybridized carbons (Fsp3) is 0.235. The number of benzene rings is 1. The van der Waals surface area contributed by atoms with Crippen molar-refractivity contribution in [1.29, 1.82) is 0 Å². The molecule has 0 saturated carbocycles. The van der Waals surface area contributed by atoms with Crippen LogP contribution in [0.25, 0.3) is 10.2 Å². The average molecular weight is 395 g/mol. The highest BCUT2D eigenvalue weighted by Gasteiger charge is 2.20. The van der Waals surface area contributed by atoms with Crippen molar-refractivity contribution in [2.24, 2.45) is 0 Å². The van der Waals surface area contributed by atoms with E-state index in [4.69, 9.17) is 0 Å². The molecule has 0 unspecified atom stereocenters. The van der Waals surface area contributed by atoms with Crippen LogP contribution >= 0.6 is 27.3 Å². The number of amides is 1. The van der Waals surface area contributed by atoms with Gasteiger partial charge in [0.15, 0.2) is 0 Å². The number of hydrogen-bond donors (Lipinski definition) is 0. The fourth-order valence-corrected chi connectivity index (χ4v) is 4.08. The Morgan fingerprint density at radius 3 is 2.83 bits per heavy atom. The monoisotopic (exact) mass is 394 g/mol. The van der Waals surface area contributed by atoms with Crippen molar-refractivity contribution in [2.75, 3.05) is 13.6 Å². The first kappa shape index (κ1) is 16.2. The summed E-state index contributed by atoms with van der Waals surface area (Å²) in [7, 11) is 1.78. The molecule has 0 aliphatic heterocycles. The minimum Gasteiger partial charge on any atom is -0.341 e. The van der Waals surface area contributed by atoms with E-state index in [1.165, 1.54) is 12.1 Å². The number of carbonyl (C=O) groups excluding carboxylic acids is 1. The topological polar surface area (TPSA) is 25.2 Å². The van der Waals surface area contributed by atoms with Gasteiger partial charge in [-0.2, -0.15) is 0 Å². The minimum absolute atomic E-state index is 0.0246. The first-order chi connectivity index (χ1) is 11.0. The van der Waals surface area contributed by atoms with Gasteiger partial charge >= 0.3 is 0 Å². The summed E-state index contributed by atoms with van der Waals surface area (Å²) < 4.78 is 17.5. The van der Waals surface area contributed by atoms with Crippen LogP contribution in [0.15, 0.2) is 40.2 Å². The van der Waals surface area contributed by atoms with Crippen molar-refractivity contribution >= 4 is 43.4 Å². The Labute approximate surface area is 146 Å². The molecular weight excluding hydrogens is 379 g/mol. The zero-order valence-electron chi connectivity index (χ0n) is 12.8. The van der Waals surface area contributed by atoms with Gasteiger partial charge in [0.25, 0.3) is 5.91 Å². The molecule has 3 nitrogen and oxygen atoms in total. The van der Waals surface area contributed by atoms with Gasteiger partial charge in [-0.1, -0.05) is 12.1 Å². The third kappa shape index (κ3) is 3.19. The van der Waals surface area contributed by atoms with Gasteiger partial charge in [-0.3, -0.25) is 4.79 Å². The lowest BCUT2D eigenvalue weighted by Crippen LogP contribution is -2.28. The number of halogens is 2. The maximum atomic E-state index is 13.5. The Bertz CT molecular complexity index is 871. The Kier molecular flexibility index (Phi) is 4.55. The van der Waals surface area contributed by atoms with Crippen LogP contribution in [-0.4, -0.2) is 29.0 Å². The van der Waals surface area contributed by atoms with E-state index in [2.05, 4.69) is 15.9 Å². The Morgan fingerprint density at radius 2 is 2.13 bits per heavy atom. The summed E-state index contributed by atoms with van der Waals surface area (Å²) in [4.78, 5) is 14.3. The molecule has 0 fully saturated rings. The highest BCUT2D eigenvalue weighted by molar-refractivity contribution is 9.11. The number of rotatable bonds is 4. The summed E-state index contributed by atoms with van der Waals surface area (Å²) >= 11 is 5.08. The molecular formula is C17H16BrFN2OS. The molecule has 3 rings (SSSR count). The van der Waals surface area contributed by atoms with Gasteiger partial charge in [0.1, 0.15) is 11.5 Å². The van der Waals surface area contributed by atoms with Crippen molar-refractivity contribution in [1.82, 2.24) is 9.47 Å². The Balaban J connectivity index is 2.09. The van der Waals surface area contributed by atoms with Crippen molar-refractivity contribution in [2.45, 2.75) is 13.5 Å². The molecule has 1 aromatic carbocycles. The number of aromatic nitrogens is 1. The average Bonchev–Trinajstić information content (AvgIpc) is 3.03. The zero-order chi connectivity index (χ0) is 16.6. The number of carbonyl (C=O) groups is 1. The van der Waals surface area contributed by atoms with Gasteiger partial charge in [-0.05, 0) is 52.7 Å². The van der Waals surface area contributed by atoms with E-state index in [-0.39, 0.29) is 11.7 Å². The molecule has 0 bridgehead atoms. The number of thiophene rings is 1.